The molecule has 0 radical (unpaired) electrons. The van der Waals surface area contributed by atoms with E-state index in [4.69, 9.17) is 4.74 Å². The Morgan fingerprint density at radius 3 is 2.26 bits per heavy atom. The zero-order chi connectivity index (χ0) is 23.3. The van der Waals surface area contributed by atoms with Crippen LogP contribution in [0.15, 0.2) is 66.9 Å². The van der Waals surface area contributed by atoms with Gasteiger partial charge in [-0.1, -0.05) is 48.5 Å². The van der Waals surface area contributed by atoms with Gasteiger partial charge in [-0.3, -0.25) is 4.98 Å². The van der Waals surface area contributed by atoms with Gasteiger partial charge in [0, 0.05) is 37.0 Å². The van der Waals surface area contributed by atoms with Crippen molar-refractivity contribution in [1.29, 1.82) is 0 Å². The highest BCUT2D eigenvalue weighted by atomic mass is 16.6. The van der Waals surface area contributed by atoms with E-state index < -0.39 is 5.60 Å². The molecular weight excluding hydrogens is 424 g/mol. The fourth-order valence-electron chi connectivity index (χ4n) is 6.40. The van der Waals surface area contributed by atoms with Crippen molar-refractivity contribution in [3.63, 3.8) is 0 Å². The molecule has 2 aliphatic heterocycles. The summed E-state index contributed by atoms with van der Waals surface area (Å²) >= 11 is 0. The normalized spacial score (nSPS) is 25.5. The molecule has 5 heteroatoms. The van der Waals surface area contributed by atoms with Crippen LogP contribution in [-0.4, -0.2) is 39.8 Å². The summed E-state index contributed by atoms with van der Waals surface area (Å²) in [6.07, 6.45) is 5.35. The molecule has 6 rings (SSSR count). The number of hydrogen-bond acceptors (Lipinski definition) is 4. The van der Waals surface area contributed by atoms with Gasteiger partial charge in [-0.15, -0.1) is 0 Å². The van der Waals surface area contributed by atoms with Crippen molar-refractivity contribution in [3.05, 3.63) is 89.2 Å². The van der Waals surface area contributed by atoms with Crippen molar-refractivity contribution in [3.8, 4) is 11.1 Å². The SMILES string of the molecule is Cc1ccnc(C2(O)CC3CCCC(C2)N3C(=O)OCC2c3ccccc3-c3ccccc32)c1. The third-order valence-electron chi connectivity index (χ3n) is 7.95. The first-order chi connectivity index (χ1) is 16.5. The molecule has 34 heavy (non-hydrogen) atoms. The maximum Gasteiger partial charge on any atom is 0.410 e. The lowest BCUT2D eigenvalue weighted by atomic mass is 9.74. The lowest BCUT2D eigenvalue weighted by molar-refractivity contribution is -0.0913. The predicted molar refractivity (Wildman–Crippen MR) is 130 cm³/mol. The van der Waals surface area contributed by atoms with Gasteiger partial charge in [0.05, 0.1) is 5.69 Å². The molecule has 1 N–H and O–H groups in total. The van der Waals surface area contributed by atoms with E-state index in [1.165, 1.54) is 22.3 Å². The molecule has 5 nitrogen and oxygen atoms in total. The number of pyridine rings is 1. The first kappa shape index (κ1) is 21.4. The van der Waals surface area contributed by atoms with Crippen molar-refractivity contribution < 1.29 is 14.6 Å². The molecule has 0 saturated carbocycles. The molecule has 2 fully saturated rings. The third kappa shape index (κ3) is 3.50. The Balaban J connectivity index is 1.21. The van der Waals surface area contributed by atoms with Crippen LogP contribution >= 0.6 is 0 Å². The molecule has 2 bridgehead atoms. The molecule has 2 aromatic carbocycles. The lowest BCUT2D eigenvalue weighted by Crippen LogP contribution is -2.59. The number of carbonyl (C=O) groups is 1. The topological polar surface area (TPSA) is 62.7 Å². The van der Waals surface area contributed by atoms with E-state index in [0.717, 1.165) is 30.5 Å². The van der Waals surface area contributed by atoms with Gasteiger partial charge in [0.15, 0.2) is 0 Å². The second-order valence-corrected chi connectivity index (χ2v) is 10.1. The largest absolute Gasteiger partial charge is 0.448 e. The Kier molecular flexibility index (Phi) is 5.18. The molecule has 3 aromatic rings. The van der Waals surface area contributed by atoms with Gasteiger partial charge in [0.1, 0.15) is 12.2 Å². The smallest absolute Gasteiger partial charge is 0.410 e. The summed E-state index contributed by atoms with van der Waals surface area (Å²) in [5, 5.41) is 11.6. The minimum absolute atomic E-state index is 0.0320. The van der Waals surface area contributed by atoms with Crippen LogP contribution in [0, 0.1) is 6.92 Å². The van der Waals surface area contributed by atoms with Crippen LogP contribution in [0.2, 0.25) is 0 Å². The molecule has 1 amide bonds. The van der Waals surface area contributed by atoms with E-state index >= 15 is 0 Å². The Morgan fingerprint density at radius 1 is 1.03 bits per heavy atom. The molecule has 1 aliphatic carbocycles. The molecule has 3 heterocycles. The van der Waals surface area contributed by atoms with Gasteiger partial charge in [-0.25, -0.2) is 4.79 Å². The number of rotatable bonds is 3. The number of aryl methyl sites for hydroxylation is 1. The van der Waals surface area contributed by atoms with Crippen LogP contribution in [0.4, 0.5) is 4.79 Å². The van der Waals surface area contributed by atoms with E-state index in [2.05, 4.69) is 53.5 Å². The fraction of sp³-hybridized carbons (Fsp3) is 0.379. The van der Waals surface area contributed by atoms with Crippen LogP contribution in [0.25, 0.3) is 11.1 Å². The second-order valence-electron chi connectivity index (χ2n) is 10.1. The lowest BCUT2D eigenvalue weighted by Gasteiger charge is -2.51. The average Bonchev–Trinajstić information content (AvgIpc) is 3.16. The van der Waals surface area contributed by atoms with E-state index in [9.17, 15) is 9.90 Å². The second kappa shape index (κ2) is 8.24. The quantitative estimate of drug-likeness (QED) is 0.564. The van der Waals surface area contributed by atoms with Crippen molar-refractivity contribution in [2.24, 2.45) is 0 Å². The van der Waals surface area contributed by atoms with Crippen LogP contribution in [0.3, 0.4) is 0 Å². The molecule has 3 aliphatic rings. The zero-order valence-electron chi connectivity index (χ0n) is 19.5. The molecule has 174 valence electrons. The van der Waals surface area contributed by atoms with Gasteiger partial charge >= 0.3 is 6.09 Å². The summed E-state index contributed by atoms with van der Waals surface area (Å²) in [5.41, 5.74) is 5.70. The van der Waals surface area contributed by atoms with Crippen LogP contribution < -0.4 is 0 Å². The van der Waals surface area contributed by atoms with Gasteiger partial charge in [0.2, 0.25) is 0 Å². The number of carbonyl (C=O) groups excluding carboxylic acids is 1. The standard InChI is InChI=1S/C29H30N2O3/c1-19-13-14-30-27(15-19)29(33)16-20-7-6-8-21(17-29)31(20)28(32)34-18-26-24-11-4-2-9-22(24)23-10-3-5-12-25(23)26/h2-5,9-15,20-21,26,33H,6-8,16-18H2,1H3. The minimum Gasteiger partial charge on any atom is -0.448 e. The minimum atomic E-state index is -0.998. The van der Waals surface area contributed by atoms with E-state index in [-0.39, 0.29) is 24.1 Å². The van der Waals surface area contributed by atoms with Gasteiger partial charge < -0.3 is 14.7 Å². The number of nitrogens with zero attached hydrogens (tertiary/aromatic N) is 2. The Labute approximate surface area is 200 Å². The monoisotopic (exact) mass is 454 g/mol. The predicted octanol–water partition coefficient (Wildman–Crippen LogP) is 5.54. The number of amides is 1. The molecular formula is C29H30N2O3. The maximum atomic E-state index is 13.4. The fourth-order valence-corrected chi connectivity index (χ4v) is 6.40. The number of fused-ring (bicyclic) bond motifs is 5. The van der Waals surface area contributed by atoms with Gasteiger partial charge in [-0.05, 0) is 66.1 Å². The Hall–Kier alpha value is -3.18. The van der Waals surface area contributed by atoms with Crippen molar-refractivity contribution in [2.45, 2.75) is 62.6 Å². The van der Waals surface area contributed by atoms with Crippen molar-refractivity contribution >= 4 is 6.09 Å². The molecule has 2 saturated heterocycles. The number of aromatic nitrogens is 1. The van der Waals surface area contributed by atoms with Crippen LogP contribution in [-0.2, 0) is 10.3 Å². The first-order valence-corrected chi connectivity index (χ1v) is 12.3. The highest BCUT2D eigenvalue weighted by molar-refractivity contribution is 5.79. The maximum absolute atomic E-state index is 13.4. The summed E-state index contributed by atoms with van der Waals surface area (Å²) in [6.45, 7) is 2.34. The molecule has 1 aromatic heterocycles. The Bertz CT molecular complexity index is 1180. The van der Waals surface area contributed by atoms with Crippen LogP contribution in [0.1, 0.15) is 60.4 Å². The van der Waals surface area contributed by atoms with Crippen molar-refractivity contribution in [1.82, 2.24) is 9.88 Å². The number of aliphatic hydroxyl groups is 1. The zero-order valence-corrected chi connectivity index (χ0v) is 19.5. The molecule has 2 unspecified atom stereocenters. The number of piperidine rings is 2. The number of ether oxygens (including phenoxy) is 1. The van der Waals surface area contributed by atoms with Gasteiger partial charge in [-0.2, -0.15) is 0 Å². The molecule has 0 spiro atoms. The summed E-state index contributed by atoms with van der Waals surface area (Å²) < 4.78 is 6.00. The third-order valence-corrected chi connectivity index (χ3v) is 7.95. The van der Waals surface area contributed by atoms with Gasteiger partial charge in [0.25, 0.3) is 0 Å². The summed E-state index contributed by atoms with van der Waals surface area (Å²) in [5.74, 6) is 0.0504. The highest BCUT2D eigenvalue weighted by Gasteiger charge is 2.49. The van der Waals surface area contributed by atoms with E-state index in [1.54, 1.807) is 6.20 Å². The van der Waals surface area contributed by atoms with E-state index in [1.807, 2.05) is 24.0 Å². The average molecular weight is 455 g/mol. The van der Waals surface area contributed by atoms with Crippen LogP contribution in [0.5, 0.6) is 0 Å². The first-order valence-electron chi connectivity index (χ1n) is 12.3. The highest BCUT2D eigenvalue weighted by Crippen LogP contribution is 2.46. The number of hydrogen-bond donors (Lipinski definition) is 1. The van der Waals surface area contributed by atoms with E-state index in [0.29, 0.717) is 19.4 Å². The Morgan fingerprint density at radius 2 is 1.65 bits per heavy atom. The number of benzene rings is 2. The summed E-state index contributed by atoms with van der Waals surface area (Å²) in [7, 11) is 0. The molecule has 2 atom stereocenters. The van der Waals surface area contributed by atoms with Crippen molar-refractivity contribution in [2.75, 3.05) is 6.61 Å². The summed E-state index contributed by atoms with van der Waals surface area (Å²) in [4.78, 5) is 19.8. The summed E-state index contributed by atoms with van der Waals surface area (Å²) in [6, 6.07) is 20.6.